The Kier molecular flexibility index (Phi) is 9.09. The minimum Gasteiger partial charge on any atom is -0.445 e. The molecule has 2 amide bonds. The van der Waals surface area contributed by atoms with Crippen molar-refractivity contribution in [2.24, 2.45) is 10.9 Å². The van der Waals surface area contributed by atoms with Gasteiger partial charge >= 0.3 is 12.3 Å². The second-order valence-electron chi connectivity index (χ2n) is 10.5. The van der Waals surface area contributed by atoms with E-state index in [-0.39, 0.29) is 34.8 Å². The fourth-order valence-electron chi connectivity index (χ4n) is 5.15. The molecule has 0 radical (unpaired) electrons. The zero-order chi connectivity index (χ0) is 31.8. The van der Waals surface area contributed by atoms with Gasteiger partial charge in [0.05, 0.1) is 29.7 Å². The van der Waals surface area contributed by atoms with E-state index < -0.39 is 24.0 Å². The number of aryl methyl sites for hydroxylation is 1. The summed E-state index contributed by atoms with van der Waals surface area (Å²) in [6.07, 6.45) is -3.92. The second-order valence-corrected chi connectivity index (χ2v) is 11.7. The molecule has 2 aromatic heterocycles. The van der Waals surface area contributed by atoms with Crippen LogP contribution in [0.2, 0.25) is 5.02 Å². The highest BCUT2D eigenvalue weighted by Gasteiger charge is 2.34. The zero-order valence-electron chi connectivity index (χ0n) is 24.0. The average molecular weight is 656 g/mol. The van der Waals surface area contributed by atoms with E-state index in [0.29, 0.717) is 66.6 Å². The highest BCUT2D eigenvalue weighted by atomic mass is 35.5. The van der Waals surface area contributed by atoms with Crippen molar-refractivity contribution in [1.82, 2.24) is 14.8 Å². The number of aromatic nitrogens is 1. The van der Waals surface area contributed by atoms with E-state index in [9.17, 15) is 27.6 Å². The molecule has 4 heterocycles. The Morgan fingerprint density at radius 2 is 1.93 bits per heavy atom. The Morgan fingerprint density at radius 1 is 1.20 bits per heavy atom. The molecule has 1 saturated heterocycles. The molecular weight excluding hydrogens is 627 g/mol. The number of alkyl halides is 3. The van der Waals surface area contributed by atoms with Crippen LogP contribution < -0.4 is 19.8 Å². The Hall–Kier alpha value is -3.82. The number of nitrogens with one attached hydrogen (secondary N) is 1. The number of nitrogens with zero attached hydrogens (tertiary/aromatic N) is 4. The van der Waals surface area contributed by atoms with E-state index in [1.54, 1.807) is 31.3 Å². The average Bonchev–Trinajstić information content (AvgIpc) is 3.51. The number of furan rings is 1. The molecule has 0 bridgehead atoms. The number of amides is 2. The highest BCUT2D eigenvalue weighted by molar-refractivity contribution is 7.07. The first-order chi connectivity index (χ1) is 20.8. The monoisotopic (exact) mass is 655 g/mol. The summed E-state index contributed by atoms with van der Waals surface area (Å²) in [5.74, 6) is -1.34. The van der Waals surface area contributed by atoms with Crippen molar-refractivity contribution in [2.45, 2.75) is 39.3 Å². The number of esters is 1. The van der Waals surface area contributed by atoms with Crippen LogP contribution in [0.25, 0.3) is 11.3 Å². The van der Waals surface area contributed by atoms with E-state index in [2.05, 4.69) is 15.0 Å². The zero-order valence-corrected chi connectivity index (χ0v) is 25.6. The molecule has 1 N–H and O–H groups in total. The Labute approximate surface area is 258 Å². The molecule has 11 nitrogen and oxygen atoms in total. The third-order valence-electron chi connectivity index (χ3n) is 7.33. The number of carbonyl (C=O) groups is 3. The van der Waals surface area contributed by atoms with Gasteiger partial charge in [0.1, 0.15) is 17.1 Å². The molecule has 0 spiro atoms. The molecule has 2 aliphatic rings. The maximum Gasteiger partial charge on any atom is 0.573 e. The number of hydrogen-bond donors (Lipinski definition) is 1. The lowest BCUT2D eigenvalue weighted by molar-refractivity contribution is -0.274. The van der Waals surface area contributed by atoms with E-state index in [1.807, 2.05) is 0 Å². The van der Waals surface area contributed by atoms with Gasteiger partial charge in [-0.05, 0) is 51.1 Å². The van der Waals surface area contributed by atoms with E-state index >= 15 is 0 Å². The molecule has 3 aromatic rings. The fraction of sp³-hybridized carbons (Fsp3) is 0.429. The fourth-order valence-corrected chi connectivity index (χ4v) is 6.28. The van der Waals surface area contributed by atoms with Gasteiger partial charge in [-0.3, -0.25) is 19.0 Å². The number of halogens is 4. The summed E-state index contributed by atoms with van der Waals surface area (Å²) in [6.45, 7) is 3.06. The first-order valence-corrected chi connectivity index (χ1v) is 14.9. The van der Waals surface area contributed by atoms with Gasteiger partial charge in [-0.25, -0.2) is 0 Å². The van der Waals surface area contributed by atoms with Crippen LogP contribution in [-0.4, -0.2) is 67.5 Å². The maximum atomic E-state index is 13.3. The number of anilines is 1. The van der Waals surface area contributed by atoms with Crippen LogP contribution in [0.1, 0.15) is 34.5 Å². The number of thiazole rings is 1. The number of piperidine rings is 1. The molecule has 1 aromatic carbocycles. The molecular formula is C28H29ClF3N5O6S. The van der Waals surface area contributed by atoms with Gasteiger partial charge in [-0.2, -0.15) is 4.99 Å². The van der Waals surface area contributed by atoms with E-state index in [4.69, 9.17) is 20.8 Å². The minimum absolute atomic E-state index is 0.172. The largest absolute Gasteiger partial charge is 0.573 e. The van der Waals surface area contributed by atoms with Crippen LogP contribution in [0.4, 0.5) is 19.1 Å². The van der Waals surface area contributed by atoms with Crippen LogP contribution in [0, 0.1) is 12.8 Å². The van der Waals surface area contributed by atoms with Crippen molar-refractivity contribution in [3.05, 3.63) is 50.3 Å². The first kappa shape index (κ1) is 31.6. The van der Waals surface area contributed by atoms with Gasteiger partial charge in [0.15, 0.2) is 11.5 Å². The molecule has 0 atom stereocenters. The Morgan fingerprint density at radius 3 is 2.61 bits per heavy atom. The molecule has 0 aliphatic carbocycles. The first-order valence-electron chi connectivity index (χ1n) is 13.6. The Bertz CT molecular complexity index is 1660. The number of carbonyl (C=O) groups excluding carboxylic acids is 3. The molecule has 0 unspecified atom stereocenters. The Balaban J connectivity index is 1.47. The summed E-state index contributed by atoms with van der Waals surface area (Å²) in [5, 5.41) is 4.51. The standard InChI is InChI=1S/C28H29ClF3N5O6S/c1-15-18(23-24(39)35(2)13-36(3)25(23)42-15)11-22(38)34-27-37(14-41-26(40)16-6-8-33-9-7-16)20(12-44-27)17-4-5-21(19(29)10-17)43-28(30,31)32/h4-5,10,12,16,33H,6-9,11,13-14H2,1-3H3. The van der Waals surface area contributed by atoms with E-state index in [0.717, 1.165) is 17.4 Å². The minimum atomic E-state index is -4.93. The molecule has 44 heavy (non-hydrogen) atoms. The summed E-state index contributed by atoms with van der Waals surface area (Å²) in [5.41, 5.74) is 1.50. The van der Waals surface area contributed by atoms with E-state index in [1.165, 1.54) is 21.6 Å². The van der Waals surface area contributed by atoms with Gasteiger partial charge in [-0.1, -0.05) is 11.6 Å². The predicted molar refractivity (Wildman–Crippen MR) is 154 cm³/mol. The van der Waals surface area contributed by atoms with Gasteiger partial charge < -0.3 is 29.0 Å². The summed E-state index contributed by atoms with van der Waals surface area (Å²) in [4.78, 5) is 46.7. The van der Waals surface area contributed by atoms with Crippen molar-refractivity contribution >= 4 is 46.6 Å². The third-order valence-corrected chi connectivity index (χ3v) is 8.49. The summed E-state index contributed by atoms with van der Waals surface area (Å²) in [7, 11) is 3.42. The number of benzene rings is 1. The molecule has 1 fully saturated rings. The molecule has 5 rings (SSSR count). The lowest BCUT2D eigenvalue weighted by atomic mass is 9.99. The molecule has 2 aliphatic heterocycles. The van der Waals surface area contributed by atoms with Crippen LogP contribution in [-0.2, 0) is 27.5 Å². The predicted octanol–water partition coefficient (Wildman–Crippen LogP) is 4.32. The van der Waals surface area contributed by atoms with Crippen molar-refractivity contribution < 1.29 is 41.4 Å². The lowest BCUT2D eigenvalue weighted by Gasteiger charge is -2.30. The number of ether oxygens (including phenoxy) is 2. The van der Waals surface area contributed by atoms with Crippen LogP contribution >= 0.6 is 22.9 Å². The third kappa shape index (κ3) is 6.79. The second kappa shape index (κ2) is 12.7. The molecule has 0 saturated carbocycles. The van der Waals surface area contributed by atoms with Crippen molar-refractivity contribution in [1.29, 1.82) is 0 Å². The highest BCUT2D eigenvalue weighted by Crippen LogP contribution is 2.35. The number of hydrogen-bond acceptors (Lipinski definition) is 9. The van der Waals surface area contributed by atoms with Gasteiger partial charge in [0.25, 0.3) is 11.8 Å². The smallest absolute Gasteiger partial charge is 0.445 e. The summed E-state index contributed by atoms with van der Waals surface area (Å²) in [6, 6.07) is 3.72. The van der Waals surface area contributed by atoms with Gasteiger partial charge in [0, 0.05) is 30.6 Å². The quantitative estimate of drug-likeness (QED) is 0.374. The number of rotatable bonds is 7. The van der Waals surface area contributed by atoms with Crippen molar-refractivity contribution in [2.75, 3.05) is 38.8 Å². The van der Waals surface area contributed by atoms with Gasteiger partial charge in [0.2, 0.25) is 5.88 Å². The van der Waals surface area contributed by atoms with Crippen LogP contribution in [0.15, 0.2) is 33.0 Å². The summed E-state index contributed by atoms with van der Waals surface area (Å²) >= 11 is 7.17. The summed E-state index contributed by atoms with van der Waals surface area (Å²) < 4.78 is 55.2. The lowest BCUT2D eigenvalue weighted by Crippen LogP contribution is -2.42. The maximum absolute atomic E-state index is 13.3. The van der Waals surface area contributed by atoms with Crippen LogP contribution in [0.5, 0.6) is 5.75 Å². The normalized spacial score (nSPS) is 16.3. The van der Waals surface area contributed by atoms with Gasteiger partial charge in [-0.15, -0.1) is 24.5 Å². The van der Waals surface area contributed by atoms with Crippen LogP contribution in [0.3, 0.4) is 0 Å². The molecule has 16 heteroatoms. The topological polar surface area (TPSA) is 119 Å². The number of fused-ring (bicyclic) bond motifs is 1. The SMILES string of the molecule is Cc1oc2c(c1CC(=O)N=c1scc(-c3ccc(OC(F)(F)F)c(Cl)c3)n1COC(=O)C1CCNCC1)C(=O)N(C)CN2C. The molecule has 236 valence electrons. The van der Waals surface area contributed by atoms with Crippen molar-refractivity contribution in [3.63, 3.8) is 0 Å². The van der Waals surface area contributed by atoms with Crippen molar-refractivity contribution in [3.8, 4) is 17.0 Å².